The third-order valence-electron chi connectivity index (χ3n) is 2.68. The molecular weight excluding hydrogens is 243 g/mol. The summed E-state index contributed by atoms with van der Waals surface area (Å²) in [6.07, 6.45) is 1.75. The van der Waals surface area contributed by atoms with Gasteiger partial charge in [0.05, 0.1) is 11.9 Å². The number of aromatic amines is 1. The summed E-state index contributed by atoms with van der Waals surface area (Å²) < 4.78 is 12.8. The molecule has 0 atom stereocenters. The van der Waals surface area contributed by atoms with Crippen LogP contribution in [-0.4, -0.2) is 14.1 Å². The molecule has 2 N–H and O–H groups in total. The molecule has 0 unspecified atom stereocenters. The van der Waals surface area contributed by atoms with Gasteiger partial charge < -0.3 is 4.90 Å². The normalized spacial score (nSPS) is 9.79. The van der Waals surface area contributed by atoms with Crippen LogP contribution in [0, 0.1) is 17.1 Å². The van der Waals surface area contributed by atoms with Crippen molar-refractivity contribution >= 4 is 17.2 Å². The molecule has 0 amide bonds. The first-order chi connectivity index (χ1) is 9.11. The van der Waals surface area contributed by atoms with Gasteiger partial charge in [-0.05, 0) is 24.3 Å². The molecule has 0 aliphatic carbocycles. The Labute approximate surface area is 111 Å². The second-order valence-corrected chi connectivity index (χ2v) is 4.25. The summed E-state index contributed by atoms with van der Waals surface area (Å²) in [5.74, 6) is 0.289. The van der Waals surface area contributed by atoms with Crippen molar-refractivity contribution in [1.82, 2.24) is 0 Å². The molecule has 0 radical (unpaired) electrons. The number of halogens is 1. The van der Waals surface area contributed by atoms with Crippen molar-refractivity contribution in [3.05, 3.63) is 47.9 Å². The van der Waals surface area contributed by atoms with Gasteiger partial charge in [-0.25, -0.2) is 14.7 Å². The number of nitriles is 1. The molecular formula is C14H14FN4+. The summed E-state index contributed by atoms with van der Waals surface area (Å²) in [6, 6.07) is 9.96. The van der Waals surface area contributed by atoms with E-state index in [0.29, 0.717) is 17.1 Å². The number of hydrogen-bond donors (Lipinski definition) is 1. The van der Waals surface area contributed by atoms with E-state index in [2.05, 4.69) is 16.4 Å². The molecule has 0 aliphatic heterocycles. The lowest BCUT2D eigenvalue weighted by molar-refractivity contribution is -0.360. The van der Waals surface area contributed by atoms with Crippen LogP contribution in [0.5, 0.6) is 0 Å². The van der Waals surface area contributed by atoms with Crippen molar-refractivity contribution in [2.24, 2.45) is 0 Å². The average molecular weight is 257 g/mol. The van der Waals surface area contributed by atoms with Crippen molar-refractivity contribution in [2.45, 2.75) is 0 Å². The van der Waals surface area contributed by atoms with E-state index in [1.165, 1.54) is 12.1 Å². The maximum Gasteiger partial charge on any atom is 0.297 e. The molecule has 4 nitrogen and oxygen atoms in total. The summed E-state index contributed by atoms with van der Waals surface area (Å²) >= 11 is 0. The second kappa shape index (κ2) is 5.36. The zero-order valence-electron chi connectivity index (χ0n) is 10.7. The van der Waals surface area contributed by atoms with Gasteiger partial charge in [0.1, 0.15) is 17.6 Å². The van der Waals surface area contributed by atoms with Crippen LogP contribution in [0.15, 0.2) is 36.5 Å². The Bertz CT molecular complexity index is 614. The first-order valence-corrected chi connectivity index (χ1v) is 5.76. The highest BCUT2D eigenvalue weighted by molar-refractivity contribution is 5.69. The van der Waals surface area contributed by atoms with Gasteiger partial charge in [-0.3, -0.25) is 0 Å². The Morgan fingerprint density at radius 2 is 1.89 bits per heavy atom. The van der Waals surface area contributed by atoms with E-state index >= 15 is 0 Å². The van der Waals surface area contributed by atoms with E-state index in [9.17, 15) is 9.65 Å². The topological polar surface area (TPSA) is 53.2 Å². The lowest BCUT2D eigenvalue weighted by atomic mass is 10.2. The molecule has 1 aromatic carbocycles. The van der Waals surface area contributed by atoms with Crippen molar-refractivity contribution in [1.29, 1.82) is 5.26 Å². The van der Waals surface area contributed by atoms with Gasteiger partial charge in [0.15, 0.2) is 5.56 Å². The number of anilines is 3. The standard InChI is InChI=1S/C14H13FN4/c1-19(2)13-7-8-17-14(12(13)9-16)18-11-5-3-10(15)4-6-11/h3-8H,1-2H3,(H,17,18)/p+1. The molecule has 0 saturated heterocycles. The van der Waals surface area contributed by atoms with E-state index in [4.69, 9.17) is 0 Å². The SMILES string of the molecule is CN(C)c1cc[nH+]c(Nc2ccc(F)cc2)c1C#N. The molecule has 0 aliphatic rings. The summed E-state index contributed by atoms with van der Waals surface area (Å²) in [4.78, 5) is 4.86. The molecule has 2 aromatic rings. The van der Waals surface area contributed by atoms with Crippen LogP contribution in [0.2, 0.25) is 0 Å². The highest BCUT2D eigenvalue weighted by Gasteiger charge is 2.16. The van der Waals surface area contributed by atoms with Gasteiger partial charge in [-0.1, -0.05) is 0 Å². The third kappa shape index (κ3) is 2.80. The van der Waals surface area contributed by atoms with Crippen LogP contribution in [0.3, 0.4) is 0 Å². The van der Waals surface area contributed by atoms with Crippen molar-refractivity contribution in [2.75, 3.05) is 24.3 Å². The number of H-pyrrole nitrogens is 1. The molecule has 0 fully saturated rings. The highest BCUT2D eigenvalue weighted by Crippen LogP contribution is 2.23. The minimum absolute atomic E-state index is 0.294. The maximum absolute atomic E-state index is 12.8. The number of benzene rings is 1. The predicted octanol–water partition coefficient (Wildman–Crippen LogP) is 2.32. The van der Waals surface area contributed by atoms with Crippen molar-refractivity contribution in [3.63, 3.8) is 0 Å². The summed E-state index contributed by atoms with van der Waals surface area (Å²) in [6.45, 7) is 0. The van der Waals surface area contributed by atoms with E-state index in [1.807, 2.05) is 25.1 Å². The smallest absolute Gasteiger partial charge is 0.297 e. The van der Waals surface area contributed by atoms with Crippen LogP contribution in [0.1, 0.15) is 5.56 Å². The van der Waals surface area contributed by atoms with Gasteiger partial charge >= 0.3 is 0 Å². The summed E-state index contributed by atoms with van der Waals surface area (Å²) in [5, 5.41) is 12.3. The van der Waals surface area contributed by atoms with Crippen LogP contribution in [0.25, 0.3) is 0 Å². The van der Waals surface area contributed by atoms with E-state index < -0.39 is 0 Å². The Hall–Kier alpha value is -2.61. The molecule has 1 heterocycles. The summed E-state index contributed by atoms with van der Waals surface area (Å²) in [7, 11) is 3.75. The number of rotatable bonds is 3. The zero-order chi connectivity index (χ0) is 13.8. The fourth-order valence-electron chi connectivity index (χ4n) is 1.75. The van der Waals surface area contributed by atoms with E-state index in [1.54, 1.807) is 18.3 Å². The Kier molecular flexibility index (Phi) is 3.62. The van der Waals surface area contributed by atoms with Gasteiger partial charge in [0, 0.05) is 20.2 Å². The van der Waals surface area contributed by atoms with Crippen LogP contribution < -0.4 is 15.2 Å². The lowest BCUT2D eigenvalue weighted by Crippen LogP contribution is -2.17. The number of nitrogens with zero attached hydrogens (tertiary/aromatic N) is 2. The third-order valence-corrected chi connectivity index (χ3v) is 2.68. The first kappa shape index (κ1) is 12.8. The van der Waals surface area contributed by atoms with Gasteiger partial charge in [-0.15, -0.1) is 0 Å². The zero-order valence-corrected chi connectivity index (χ0v) is 10.7. The minimum atomic E-state index is -0.294. The van der Waals surface area contributed by atoms with Crippen LogP contribution >= 0.6 is 0 Å². The Morgan fingerprint density at radius 1 is 1.21 bits per heavy atom. The quantitative estimate of drug-likeness (QED) is 0.918. The Balaban J connectivity index is 2.38. The number of nitrogens with one attached hydrogen (secondary N) is 2. The fourth-order valence-corrected chi connectivity index (χ4v) is 1.75. The largest absolute Gasteiger partial charge is 0.376 e. The van der Waals surface area contributed by atoms with Gasteiger partial charge in [-0.2, -0.15) is 5.26 Å². The molecule has 0 saturated carbocycles. The van der Waals surface area contributed by atoms with Gasteiger partial charge in [0.2, 0.25) is 0 Å². The number of pyridine rings is 1. The van der Waals surface area contributed by atoms with Crippen LogP contribution in [0.4, 0.5) is 21.6 Å². The predicted molar refractivity (Wildman–Crippen MR) is 71.7 cm³/mol. The molecule has 2 rings (SSSR count). The lowest BCUT2D eigenvalue weighted by Gasteiger charge is -2.13. The van der Waals surface area contributed by atoms with E-state index in [0.717, 1.165) is 5.69 Å². The number of hydrogen-bond acceptors (Lipinski definition) is 3. The van der Waals surface area contributed by atoms with Crippen molar-refractivity contribution < 1.29 is 9.37 Å². The van der Waals surface area contributed by atoms with Crippen molar-refractivity contribution in [3.8, 4) is 6.07 Å². The molecule has 0 bridgehead atoms. The molecule has 19 heavy (non-hydrogen) atoms. The summed E-state index contributed by atoms with van der Waals surface area (Å²) in [5.41, 5.74) is 2.03. The van der Waals surface area contributed by atoms with Crippen LogP contribution in [-0.2, 0) is 0 Å². The minimum Gasteiger partial charge on any atom is -0.376 e. The van der Waals surface area contributed by atoms with Gasteiger partial charge in [0.25, 0.3) is 5.82 Å². The molecule has 96 valence electrons. The van der Waals surface area contributed by atoms with E-state index in [-0.39, 0.29) is 5.82 Å². The monoisotopic (exact) mass is 257 g/mol. The average Bonchev–Trinajstić information content (AvgIpc) is 2.41. The molecule has 1 aromatic heterocycles. The highest BCUT2D eigenvalue weighted by atomic mass is 19.1. The number of aromatic nitrogens is 1. The maximum atomic E-state index is 12.8. The second-order valence-electron chi connectivity index (χ2n) is 4.25. The fraction of sp³-hybridized carbons (Fsp3) is 0.143. The molecule has 0 spiro atoms. The first-order valence-electron chi connectivity index (χ1n) is 5.76. The molecule has 5 heteroatoms. The Morgan fingerprint density at radius 3 is 2.47 bits per heavy atom.